The van der Waals surface area contributed by atoms with Gasteiger partial charge >= 0.3 is 21.2 Å². The fourth-order valence-electron chi connectivity index (χ4n) is 2.93. The highest BCUT2D eigenvalue weighted by Gasteiger charge is 2.23. The topological polar surface area (TPSA) is 34.1 Å². The van der Waals surface area contributed by atoms with Crippen LogP contribution in [0, 0.1) is 17.6 Å². The number of hydrogen-bond acceptors (Lipinski definition) is 2. The van der Waals surface area contributed by atoms with E-state index in [9.17, 15) is 8.42 Å². The summed E-state index contributed by atoms with van der Waals surface area (Å²) in [7, 11) is -3.35. The van der Waals surface area contributed by atoms with Gasteiger partial charge in [0.25, 0.3) is 0 Å². The minimum atomic E-state index is -3.35. The van der Waals surface area contributed by atoms with Gasteiger partial charge in [0.15, 0.2) is 17.0 Å². The van der Waals surface area contributed by atoms with Crippen molar-refractivity contribution >= 4 is 32.4 Å². The second kappa shape index (κ2) is 9.06. The van der Waals surface area contributed by atoms with Crippen molar-refractivity contribution in [2.75, 3.05) is 0 Å². The number of halogens is 2. The van der Waals surface area contributed by atoms with Crippen molar-refractivity contribution in [2.45, 2.75) is 43.8 Å². The highest BCUT2D eigenvalue weighted by molar-refractivity contribution is 14.1. The van der Waals surface area contributed by atoms with E-state index >= 15 is 0 Å². The van der Waals surface area contributed by atoms with Gasteiger partial charge in [-0.3, -0.25) is 0 Å². The van der Waals surface area contributed by atoms with Gasteiger partial charge in [0.1, 0.15) is 0 Å². The van der Waals surface area contributed by atoms with E-state index in [0.717, 1.165) is 14.7 Å². The molecule has 0 bridgehead atoms. The number of aryl methyl sites for hydroxylation is 1. The Kier molecular flexibility index (Phi) is 7.10. The molecule has 29 heavy (non-hydrogen) atoms. The van der Waals surface area contributed by atoms with Crippen LogP contribution in [0.2, 0.25) is 0 Å². The van der Waals surface area contributed by atoms with E-state index in [-0.39, 0.29) is 32.4 Å². The lowest BCUT2D eigenvalue weighted by atomic mass is 9.87. The highest BCUT2D eigenvalue weighted by Crippen LogP contribution is 2.21. The monoisotopic (exact) mass is 631 g/mol. The van der Waals surface area contributed by atoms with Gasteiger partial charge in [0.05, 0.1) is 10.6 Å². The van der Waals surface area contributed by atoms with Gasteiger partial charge < -0.3 is 0 Å². The molecule has 0 radical (unpaired) electrons. The largest absolute Gasteiger partial charge is 0.358 e. The molecule has 3 aromatic rings. The van der Waals surface area contributed by atoms with Crippen LogP contribution in [0.25, 0.3) is 0 Å². The van der Waals surface area contributed by atoms with Gasteiger partial charge in [-0.15, -0.1) is 0 Å². The van der Waals surface area contributed by atoms with E-state index in [0.29, 0.717) is 4.90 Å². The van der Waals surface area contributed by atoms with Crippen LogP contribution in [0.4, 0.5) is 0 Å². The van der Waals surface area contributed by atoms with Crippen molar-refractivity contribution in [1.82, 2.24) is 0 Å². The molecular formula is C24H25I2O2S+. The van der Waals surface area contributed by atoms with Crippen LogP contribution in [0.1, 0.15) is 37.5 Å². The maximum atomic E-state index is 12.8. The first-order valence-corrected chi connectivity index (χ1v) is 14.3. The minimum absolute atomic E-state index is 0.0338. The van der Waals surface area contributed by atoms with E-state index in [1.807, 2.05) is 43.3 Å². The van der Waals surface area contributed by atoms with Crippen LogP contribution < -0.4 is 21.2 Å². The highest BCUT2D eigenvalue weighted by atomic mass is 127. The Morgan fingerprint density at radius 3 is 2.07 bits per heavy atom. The van der Waals surface area contributed by atoms with Crippen LogP contribution in [0.5, 0.6) is 0 Å². The summed E-state index contributed by atoms with van der Waals surface area (Å²) in [5.74, 6) is 0.0338. The van der Waals surface area contributed by atoms with Gasteiger partial charge in [-0.1, -0.05) is 45.0 Å². The molecule has 0 aliphatic heterocycles. The normalized spacial score (nSPS) is 12.2. The average Bonchev–Trinajstić information content (AvgIpc) is 2.65. The third kappa shape index (κ3) is 6.04. The summed E-state index contributed by atoms with van der Waals surface area (Å²) < 4.78 is 29.4. The smallest absolute Gasteiger partial charge is 0.223 e. The van der Waals surface area contributed by atoms with Crippen LogP contribution in [0.15, 0.2) is 71.6 Å². The maximum Gasteiger partial charge on any atom is 0.358 e. The van der Waals surface area contributed by atoms with Crippen molar-refractivity contribution < 1.29 is 29.6 Å². The van der Waals surface area contributed by atoms with Crippen molar-refractivity contribution in [1.29, 1.82) is 0 Å². The number of hydrogen-bond donors (Lipinski definition) is 0. The van der Waals surface area contributed by atoms with Crippen molar-refractivity contribution in [3.63, 3.8) is 0 Å². The summed E-state index contributed by atoms with van der Waals surface area (Å²) in [6.45, 7) is 8.67. The molecule has 5 heteroatoms. The van der Waals surface area contributed by atoms with Crippen molar-refractivity contribution in [2.24, 2.45) is 0 Å². The first-order chi connectivity index (χ1) is 13.5. The zero-order chi connectivity index (χ0) is 21.2. The van der Waals surface area contributed by atoms with E-state index in [1.165, 1.54) is 12.7 Å². The molecule has 0 aromatic heterocycles. The molecule has 0 unspecified atom stereocenters. The van der Waals surface area contributed by atoms with E-state index in [2.05, 4.69) is 67.6 Å². The van der Waals surface area contributed by atoms with Crippen LogP contribution in [0.3, 0.4) is 0 Å². The standard InChI is InChI=1S/C24H25I2O2S/c1-17-15-22(29(27,28)16-18-5-9-20(25)10-6-18)13-14-23(17)26-21-11-7-19(8-12-21)24(2,3)4/h5-15H,16H2,1-4H3/q+1. The van der Waals surface area contributed by atoms with E-state index < -0.39 is 9.84 Å². The van der Waals surface area contributed by atoms with Gasteiger partial charge in [-0.05, 0) is 88.5 Å². The molecule has 0 atom stereocenters. The molecule has 0 spiro atoms. The lowest BCUT2D eigenvalue weighted by Crippen LogP contribution is -3.61. The summed E-state index contributed by atoms with van der Waals surface area (Å²) in [6.07, 6.45) is 0. The molecular weight excluding hydrogens is 606 g/mol. The molecule has 3 aromatic carbocycles. The summed E-state index contributed by atoms with van der Waals surface area (Å²) in [5, 5.41) is 0. The molecule has 152 valence electrons. The first-order valence-electron chi connectivity index (χ1n) is 9.38. The Morgan fingerprint density at radius 2 is 1.52 bits per heavy atom. The fourth-order valence-corrected chi connectivity index (χ4v) is 7.05. The molecule has 0 saturated carbocycles. The van der Waals surface area contributed by atoms with Crippen molar-refractivity contribution in [3.8, 4) is 0 Å². The van der Waals surface area contributed by atoms with Gasteiger partial charge in [0, 0.05) is 9.13 Å². The molecule has 3 rings (SSSR count). The Balaban J connectivity index is 1.78. The molecule has 0 saturated heterocycles. The number of rotatable bonds is 5. The zero-order valence-electron chi connectivity index (χ0n) is 17.0. The minimum Gasteiger partial charge on any atom is -0.223 e. The average molecular weight is 631 g/mol. The molecule has 2 nitrogen and oxygen atoms in total. The summed E-state index contributed by atoms with van der Waals surface area (Å²) in [6, 6.07) is 22.1. The molecule has 0 heterocycles. The summed E-state index contributed by atoms with van der Waals surface area (Å²) >= 11 is 1.88. The van der Waals surface area contributed by atoms with E-state index in [1.54, 1.807) is 6.07 Å². The zero-order valence-corrected chi connectivity index (χ0v) is 22.2. The first kappa shape index (κ1) is 22.7. The lowest BCUT2D eigenvalue weighted by molar-refractivity contribution is -0.598. The van der Waals surface area contributed by atoms with Crippen LogP contribution in [-0.2, 0) is 21.0 Å². The molecule has 0 N–H and O–H groups in total. The van der Waals surface area contributed by atoms with Gasteiger partial charge in [-0.2, -0.15) is 0 Å². The Hall–Kier alpha value is -0.930. The Labute approximate surface area is 198 Å². The SMILES string of the molecule is Cc1cc(S(=O)(=O)Cc2ccc(I)cc2)ccc1[I+]c1ccc(C(C)(C)C)cc1. The van der Waals surface area contributed by atoms with E-state index in [4.69, 9.17) is 0 Å². The quantitative estimate of drug-likeness (QED) is 0.407. The van der Waals surface area contributed by atoms with Gasteiger partial charge in [-0.25, -0.2) is 8.42 Å². The Morgan fingerprint density at radius 1 is 0.897 bits per heavy atom. The maximum absolute atomic E-state index is 12.8. The van der Waals surface area contributed by atoms with Crippen LogP contribution >= 0.6 is 22.6 Å². The Bertz CT molecular complexity index is 1100. The molecule has 0 amide bonds. The fraction of sp³-hybridized carbons (Fsp3) is 0.250. The second-order valence-corrected chi connectivity index (χ2v) is 14.3. The summed E-state index contributed by atoms with van der Waals surface area (Å²) in [4.78, 5) is 0.407. The lowest BCUT2D eigenvalue weighted by Gasteiger charge is -2.18. The molecule has 0 aliphatic carbocycles. The number of benzene rings is 3. The summed E-state index contributed by atoms with van der Waals surface area (Å²) in [5.41, 5.74) is 3.36. The third-order valence-electron chi connectivity index (χ3n) is 4.68. The molecule has 0 aliphatic rings. The molecule has 0 fully saturated rings. The van der Waals surface area contributed by atoms with Gasteiger partial charge in [0.2, 0.25) is 0 Å². The predicted molar refractivity (Wildman–Crippen MR) is 124 cm³/mol. The second-order valence-electron chi connectivity index (χ2n) is 8.15. The van der Waals surface area contributed by atoms with Crippen LogP contribution in [-0.4, -0.2) is 8.42 Å². The number of sulfone groups is 1. The predicted octanol–water partition coefficient (Wildman–Crippen LogP) is 3.00. The van der Waals surface area contributed by atoms with Crippen molar-refractivity contribution in [3.05, 3.63) is 94.1 Å². The third-order valence-corrected chi connectivity index (χ3v) is 10.2.